The monoisotopic (exact) mass is 208 g/mol. The Bertz CT molecular complexity index is 338. The van der Waals surface area contributed by atoms with Crippen LogP contribution in [0.5, 0.6) is 0 Å². The molecule has 0 radical (unpaired) electrons. The molecule has 1 aromatic carbocycles. The van der Waals surface area contributed by atoms with Crippen LogP contribution < -0.4 is 0 Å². The molecule has 15 heavy (non-hydrogen) atoms. The average Bonchev–Trinajstić information content (AvgIpc) is 2.16. The molecule has 0 saturated heterocycles. The molecule has 0 heterocycles. The van der Waals surface area contributed by atoms with E-state index in [-0.39, 0.29) is 0 Å². The summed E-state index contributed by atoms with van der Waals surface area (Å²) in [5.74, 6) is -0.929. The van der Waals surface area contributed by atoms with E-state index in [0.29, 0.717) is 6.61 Å². The number of carboxylic acid groups (broad SMARTS) is 1. The van der Waals surface area contributed by atoms with Gasteiger partial charge in [-0.3, -0.25) is 0 Å². The number of hydrogen-bond donors (Lipinski definition) is 1. The molecule has 1 aromatic rings. The van der Waals surface area contributed by atoms with Crippen LogP contribution in [-0.4, -0.2) is 17.2 Å². The van der Waals surface area contributed by atoms with Gasteiger partial charge in [0.1, 0.15) is 0 Å². The highest BCUT2D eigenvalue weighted by molar-refractivity contribution is 5.71. The third-order valence-corrected chi connectivity index (χ3v) is 2.47. The van der Waals surface area contributed by atoms with E-state index in [4.69, 9.17) is 9.84 Å². The van der Waals surface area contributed by atoms with Crippen LogP contribution in [0.25, 0.3) is 0 Å². The van der Waals surface area contributed by atoms with E-state index in [9.17, 15) is 4.79 Å². The Morgan fingerprint density at radius 3 is 2.40 bits per heavy atom. The molecule has 0 fully saturated rings. The number of aryl methyl sites for hydroxylation is 2. The Labute approximate surface area is 89.7 Å². The molecule has 0 spiro atoms. The largest absolute Gasteiger partial charge is 0.479 e. The Balaban J connectivity index is 2.69. The number of ether oxygens (including phenoxy) is 1. The summed E-state index contributed by atoms with van der Waals surface area (Å²) < 4.78 is 5.25. The van der Waals surface area contributed by atoms with Gasteiger partial charge in [-0.2, -0.15) is 0 Å². The minimum absolute atomic E-state index is 0.353. The maximum absolute atomic E-state index is 10.6. The highest BCUT2D eigenvalue weighted by Crippen LogP contribution is 2.15. The topological polar surface area (TPSA) is 46.5 Å². The van der Waals surface area contributed by atoms with Crippen molar-refractivity contribution in [3.8, 4) is 0 Å². The van der Waals surface area contributed by atoms with E-state index >= 15 is 0 Å². The highest BCUT2D eigenvalue weighted by Gasteiger charge is 2.12. The molecule has 1 unspecified atom stereocenters. The SMILES string of the molecule is Cc1cccc(C)c1COC(C)C(=O)O. The molecule has 0 aliphatic rings. The Morgan fingerprint density at radius 2 is 1.93 bits per heavy atom. The Hall–Kier alpha value is -1.35. The molecule has 0 bridgehead atoms. The molecule has 1 N–H and O–H groups in total. The number of hydrogen-bond acceptors (Lipinski definition) is 2. The van der Waals surface area contributed by atoms with Gasteiger partial charge < -0.3 is 9.84 Å². The number of aliphatic carboxylic acids is 1. The summed E-state index contributed by atoms with van der Waals surface area (Å²) in [6, 6.07) is 5.98. The molecule has 3 heteroatoms. The standard InChI is InChI=1S/C12H16O3/c1-8-5-4-6-9(2)11(8)7-15-10(3)12(13)14/h4-6,10H,7H2,1-3H3,(H,13,14). The van der Waals surface area contributed by atoms with Gasteiger partial charge in [-0.25, -0.2) is 4.79 Å². The normalized spacial score (nSPS) is 12.5. The summed E-state index contributed by atoms with van der Waals surface area (Å²) >= 11 is 0. The fourth-order valence-corrected chi connectivity index (χ4v) is 1.36. The van der Waals surface area contributed by atoms with Crippen LogP contribution in [0.4, 0.5) is 0 Å². The first kappa shape index (κ1) is 11.7. The lowest BCUT2D eigenvalue weighted by atomic mass is 10.0. The van der Waals surface area contributed by atoms with Crippen molar-refractivity contribution in [2.45, 2.75) is 33.5 Å². The fourth-order valence-electron chi connectivity index (χ4n) is 1.36. The molecule has 0 aliphatic carbocycles. The molecular formula is C12H16O3. The highest BCUT2D eigenvalue weighted by atomic mass is 16.5. The average molecular weight is 208 g/mol. The maximum Gasteiger partial charge on any atom is 0.332 e. The Kier molecular flexibility index (Phi) is 3.86. The summed E-state index contributed by atoms with van der Waals surface area (Å²) in [6.45, 7) is 5.89. The predicted octanol–water partition coefficient (Wildman–Crippen LogP) is 2.29. The van der Waals surface area contributed by atoms with Gasteiger partial charge in [0.25, 0.3) is 0 Å². The second kappa shape index (κ2) is 4.94. The van der Waals surface area contributed by atoms with Crippen molar-refractivity contribution in [3.05, 3.63) is 34.9 Å². The van der Waals surface area contributed by atoms with Crippen LogP contribution in [0.1, 0.15) is 23.6 Å². The maximum atomic E-state index is 10.6. The first-order chi connectivity index (χ1) is 7.02. The van der Waals surface area contributed by atoms with Gasteiger partial charge in [0.05, 0.1) is 6.61 Å². The summed E-state index contributed by atoms with van der Waals surface area (Å²) in [7, 11) is 0. The molecule has 0 aliphatic heterocycles. The van der Waals surface area contributed by atoms with Gasteiger partial charge in [0.2, 0.25) is 0 Å². The quantitative estimate of drug-likeness (QED) is 0.825. The third-order valence-electron chi connectivity index (χ3n) is 2.47. The zero-order chi connectivity index (χ0) is 11.4. The molecular weight excluding hydrogens is 192 g/mol. The van der Waals surface area contributed by atoms with Crippen molar-refractivity contribution < 1.29 is 14.6 Å². The summed E-state index contributed by atoms with van der Waals surface area (Å²) in [5, 5.41) is 8.67. The van der Waals surface area contributed by atoms with Gasteiger partial charge in [-0.15, -0.1) is 0 Å². The first-order valence-corrected chi connectivity index (χ1v) is 4.92. The van der Waals surface area contributed by atoms with E-state index < -0.39 is 12.1 Å². The first-order valence-electron chi connectivity index (χ1n) is 4.92. The molecule has 82 valence electrons. The molecule has 3 nitrogen and oxygen atoms in total. The van der Waals surface area contributed by atoms with Crippen molar-refractivity contribution >= 4 is 5.97 Å². The fraction of sp³-hybridized carbons (Fsp3) is 0.417. The number of carboxylic acids is 1. The van der Waals surface area contributed by atoms with Crippen molar-refractivity contribution in [1.29, 1.82) is 0 Å². The number of rotatable bonds is 4. The molecule has 1 rings (SSSR count). The summed E-state index contributed by atoms with van der Waals surface area (Å²) in [5.41, 5.74) is 3.34. The van der Waals surface area contributed by atoms with Crippen LogP contribution in [0, 0.1) is 13.8 Å². The zero-order valence-electron chi connectivity index (χ0n) is 9.28. The summed E-state index contributed by atoms with van der Waals surface area (Å²) in [6.07, 6.45) is -0.760. The smallest absolute Gasteiger partial charge is 0.332 e. The van der Waals surface area contributed by atoms with Crippen LogP contribution in [0.2, 0.25) is 0 Å². The number of carbonyl (C=O) groups is 1. The molecule has 1 atom stereocenters. The molecule has 0 amide bonds. The molecule has 0 aromatic heterocycles. The zero-order valence-corrected chi connectivity index (χ0v) is 9.28. The van der Waals surface area contributed by atoms with E-state index in [0.717, 1.165) is 16.7 Å². The van der Waals surface area contributed by atoms with Crippen LogP contribution >= 0.6 is 0 Å². The minimum atomic E-state index is -0.929. The van der Waals surface area contributed by atoms with Gasteiger partial charge >= 0.3 is 5.97 Å². The van der Waals surface area contributed by atoms with Gasteiger partial charge in [-0.05, 0) is 37.5 Å². The summed E-state index contributed by atoms with van der Waals surface area (Å²) in [4.78, 5) is 10.6. The number of benzene rings is 1. The lowest BCUT2D eigenvalue weighted by molar-refractivity contribution is -0.149. The third kappa shape index (κ3) is 3.06. The van der Waals surface area contributed by atoms with Crippen molar-refractivity contribution in [3.63, 3.8) is 0 Å². The van der Waals surface area contributed by atoms with E-state index in [1.54, 1.807) is 0 Å². The van der Waals surface area contributed by atoms with Crippen LogP contribution in [0.3, 0.4) is 0 Å². The van der Waals surface area contributed by atoms with Gasteiger partial charge in [0.15, 0.2) is 6.10 Å². The van der Waals surface area contributed by atoms with Crippen LogP contribution in [-0.2, 0) is 16.1 Å². The lowest BCUT2D eigenvalue weighted by Gasteiger charge is -2.12. The van der Waals surface area contributed by atoms with Crippen molar-refractivity contribution in [1.82, 2.24) is 0 Å². The molecule has 0 saturated carbocycles. The second-order valence-corrected chi connectivity index (χ2v) is 3.66. The van der Waals surface area contributed by atoms with Crippen molar-refractivity contribution in [2.24, 2.45) is 0 Å². The Morgan fingerprint density at radius 1 is 1.40 bits per heavy atom. The van der Waals surface area contributed by atoms with Crippen molar-refractivity contribution in [2.75, 3.05) is 0 Å². The van der Waals surface area contributed by atoms with E-state index in [1.807, 2.05) is 32.0 Å². The van der Waals surface area contributed by atoms with Crippen LogP contribution in [0.15, 0.2) is 18.2 Å². The second-order valence-electron chi connectivity index (χ2n) is 3.66. The predicted molar refractivity (Wildman–Crippen MR) is 57.8 cm³/mol. The lowest BCUT2D eigenvalue weighted by Crippen LogP contribution is -2.20. The van der Waals surface area contributed by atoms with E-state index in [2.05, 4.69) is 0 Å². The van der Waals surface area contributed by atoms with Gasteiger partial charge in [-0.1, -0.05) is 18.2 Å². The van der Waals surface area contributed by atoms with E-state index in [1.165, 1.54) is 6.92 Å². The van der Waals surface area contributed by atoms with Gasteiger partial charge in [0, 0.05) is 0 Å². The minimum Gasteiger partial charge on any atom is -0.479 e.